The highest BCUT2D eigenvalue weighted by Crippen LogP contribution is 2.21. The van der Waals surface area contributed by atoms with Gasteiger partial charge in [-0.3, -0.25) is 0 Å². The summed E-state index contributed by atoms with van der Waals surface area (Å²) in [6.45, 7) is 8.70. The van der Waals surface area contributed by atoms with Crippen LogP contribution in [-0.2, 0) is 4.74 Å². The van der Waals surface area contributed by atoms with Gasteiger partial charge in [-0.05, 0) is 37.3 Å². The second kappa shape index (κ2) is 6.89. The Balaban J connectivity index is 2.51. The van der Waals surface area contributed by atoms with E-state index >= 15 is 0 Å². The van der Waals surface area contributed by atoms with Crippen molar-refractivity contribution in [2.24, 2.45) is 5.92 Å². The Kier molecular flexibility index (Phi) is 5.77. The van der Waals surface area contributed by atoms with Crippen molar-refractivity contribution in [1.29, 1.82) is 0 Å². The van der Waals surface area contributed by atoms with Crippen molar-refractivity contribution in [2.75, 3.05) is 13.2 Å². The highest BCUT2D eigenvalue weighted by molar-refractivity contribution is 5.10. The Morgan fingerprint density at radius 3 is 2.80 bits per heavy atom. The topological polar surface area (TPSA) is 21.3 Å². The lowest BCUT2D eigenvalue weighted by molar-refractivity contribution is 0.217. The summed E-state index contributed by atoms with van der Waals surface area (Å²) in [4.78, 5) is 0. The summed E-state index contributed by atoms with van der Waals surface area (Å²) < 4.78 is 5.42. The van der Waals surface area contributed by atoms with Crippen molar-refractivity contribution in [3.8, 4) is 0 Å². The second-order valence-electron chi connectivity index (χ2n) is 4.53. The van der Waals surface area contributed by atoms with Crippen molar-refractivity contribution >= 4 is 0 Å². The highest BCUT2D eigenvalue weighted by Gasteiger charge is 2.17. The maximum Gasteiger partial charge on any atom is 0.0876 e. The SMILES string of the molecule is CCNC(CC(C)CC)C1=COCCC1. The number of rotatable bonds is 6. The average molecular weight is 211 g/mol. The number of likely N-dealkylation sites (N-methyl/N-ethyl adjacent to an activating group) is 1. The van der Waals surface area contributed by atoms with Gasteiger partial charge in [-0.15, -0.1) is 0 Å². The van der Waals surface area contributed by atoms with Crippen LogP contribution < -0.4 is 5.32 Å². The van der Waals surface area contributed by atoms with Crippen LogP contribution in [-0.4, -0.2) is 19.2 Å². The smallest absolute Gasteiger partial charge is 0.0876 e. The Labute approximate surface area is 94.1 Å². The van der Waals surface area contributed by atoms with Crippen molar-refractivity contribution in [3.63, 3.8) is 0 Å². The van der Waals surface area contributed by atoms with Crippen molar-refractivity contribution < 1.29 is 4.74 Å². The molecule has 1 heterocycles. The van der Waals surface area contributed by atoms with E-state index in [0.717, 1.165) is 19.1 Å². The minimum Gasteiger partial charge on any atom is -0.501 e. The van der Waals surface area contributed by atoms with E-state index in [1.54, 1.807) is 0 Å². The first-order valence-corrected chi connectivity index (χ1v) is 6.31. The van der Waals surface area contributed by atoms with E-state index in [1.807, 2.05) is 6.26 Å². The average Bonchev–Trinajstić information content (AvgIpc) is 2.29. The normalized spacial score (nSPS) is 20.3. The van der Waals surface area contributed by atoms with E-state index in [2.05, 4.69) is 26.1 Å². The molecule has 2 unspecified atom stereocenters. The zero-order valence-electron chi connectivity index (χ0n) is 10.4. The third kappa shape index (κ3) is 4.25. The number of ether oxygens (including phenoxy) is 1. The molecule has 0 radical (unpaired) electrons. The van der Waals surface area contributed by atoms with Crippen LogP contribution in [0.3, 0.4) is 0 Å². The standard InChI is InChI=1S/C13H25NO/c1-4-11(3)9-13(14-5-2)12-7-6-8-15-10-12/h10-11,13-14H,4-9H2,1-3H3. The van der Waals surface area contributed by atoms with Crippen LogP contribution in [0, 0.1) is 5.92 Å². The largest absolute Gasteiger partial charge is 0.501 e. The summed E-state index contributed by atoms with van der Waals surface area (Å²) in [6, 6.07) is 0.533. The van der Waals surface area contributed by atoms with Crippen LogP contribution in [0.1, 0.15) is 46.5 Å². The van der Waals surface area contributed by atoms with E-state index in [1.165, 1.54) is 31.3 Å². The maximum absolute atomic E-state index is 5.42. The maximum atomic E-state index is 5.42. The molecule has 0 aliphatic carbocycles. The third-order valence-corrected chi connectivity index (χ3v) is 3.20. The minimum atomic E-state index is 0.533. The molecule has 0 amide bonds. The molecule has 2 atom stereocenters. The van der Waals surface area contributed by atoms with E-state index in [9.17, 15) is 0 Å². The van der Waals surface area contributed by atoms with Gasteiger partial charge >= 0.3 is 0 Å². The molecule has 15 heavy (non-hydrogen) atoms. The molecule has 0 aromatic rings. The van der Waals surface area contributed by atoms with Gasteiger partial charge in [-0.2, -0.15) is 0 Å². The van der Waals surface area contributed by atoms with Crippen LogP contribution in [0.4, 0.5) is 0 Å². The second-order valence-corrected chi connectivity index (χ2v) is 4.53. The summed E-state index contributed by atoms with van der Waals surface area (Å²) in [6.07, 6.45) is 6.86. The first-order chi connectivity index (χ1) is 7.27. The van der Waals surface area contributed by atoms with Gasteiger partial charge in [0.1, 0.15) is 0 Å². The molecule has 0 aromatic heterocycles. The molecule has 1 N–H and O–H groups in total. The Hall–Kier alpha value is -0.500. The molecule has 1 aliphatic rings. The first-order valence-electron chi connectivity index (χ1n) is 6.31. The predicted octanol–water partition coefficient (Wildman–Crippen LogP) is 3.10. The molecule has 2 nitrogen and oxygen atoms in total. The molecule has 1 aliphatic heterocycles. The van der Waals surface area contributed by atoms with Gasteiger partial charge < -0.3 is 10.1 Å². The van der Waals surface area contributed by atoms with Crippen LogP contribution in [0.15, 0.2) is 11.8 Å². The van der Waals surface area contributed by atoms with E-state index in [-0.39, 0.29) is 0 Å². The van der Waals surface area contributed by atoms with Gasteiger partial charge in [0.15, 0.2) is 0 Å². The van der Waals surface area contributed by atoms with Gasteiger partial charge in [0, 0.05) is 6.04 Å². The summed E-state index contributed by atoms with van der Waals surface area (Å²) >= 11 is 0. The fourth-order valence-electron chi connectivity index (χ4n) is 2.02. The third-order valence-electron chi connectivity index (χ3n) is 3.20. The summed E-state index contributed by atoms with van der Waals surface area (Å²) in [5.74, 6) is 0.789. The predicted molar refractivity (Wildman–Crippen MR) is 64.8 cm³/mol. The Morgan fingerprint density at radius 1 is 1.47 bits per heavy atom. The molecule has 0 saturated carbocycles. The molecule has 0 spiro atoms. The lowest BCUT2D eigenvalue weighted by Gasteiger charge is -2.26. The number of hydrogen-bond acceptors (Lipinski definition) is 2. The molecule has 0 bridgehead atoms. The lowest BCUT2D eigenvalue weighted by atomic mass is 9.92. The van der Waals surface area contributed by atoms with Gasteiger partial charge in [0.05, 0.1) is 12.9 Å². The Bertz CT molecular complexity index is 201. The van der Waals surface area contributed by atoms with Crippen LogP contribution in [0.5, 0.6) is 0 Å². The molecule has 88 valence electrons. The fraction of sp³-hybridized carbons (Fsp3) is 0.846. The van der Waals surface area contributed by atoms with Crippen LogP contribution in [0.2, 0.25) is 0 Å². The molecule has 0 saturated heterocycles. The molecule has 1 rings (SSSR count). The van der Waals surface area contributed by atoms with E-state index < -0.39 is 0 Å². The van der Waals surface area contributed by atoms with Crippen molar-refractivity contribution in [2.45, 2.75) is 52.5 Å². The van der Waals surface area contributed by atoms with Crippen molar-refractivity contribution in [3.05, 3.63) is 11.8 Å². The van der Waals surface area contributed by atoms with Gasteiger partial charge in [-0.25, -0.2) is 0 Å². The van der Waals surface area contributed by atoms with Crippen LogP contribution >= 0.6 is 0 Å². The first kappa shape index (κ1) is 12.6. The minimum absolute atomic E-state index is 0.533. The molecular weight excluding hydrogens is 186 g/mol. The van der Waals surface area contributed by atoms with Gasteiger partial charge in [0.2, 0.25) is 0 Å². The van der Waals surface area contributed by atoms with Crippen LogP contribution in [0.25, 0.3) is 0 Å². The lowest BCUT2D eigenvalue weighted by Crippen LogP contribution is -2.33. The summed E-state index contributed by atoms with van der Waals surface area (Å²) in [5, 5.41) is 3.57. The highest BCUT2D eigenvalue weighted by atomic mass is 16.5. The van der Waals surface area contributed by atoms with E-state index in [4.69, 9.17) is 4.74 Å². The molecular formula is C13H25NO. The monoisotopic (exact) mass is 211 g/mol. The zero-order valence-corrected chi connectivity index (χ0v) is 10.4. The summed E-state index contributed by atoms with van der Waals surface area (Å²) in [7, 11) is 0. The zero-order chi connectivity index (χ0) is 11.1. The van der Waals surface area contributed by atoms with E-state index in [0.29, 0.717) is 6.04 Å². The molecule has 0 fully saturated rings. The van der Waals surface area contributed by atoms with Crippen molar-refractivity contribution in [1.82, 2.24) is 5.32 Å². The quantitative estimate of drug-likeness (QED) is 0.729. The fourth-order valence-corrected chi connectivity index (χ4v) is 2.02. The van der Waals surface area contributed by atoms with Gasteiger partial charge in [0.25, 0.3) is 0 Å². The summed E-state index contributed by atoms with van der Waals surface area (Å²) in [5.41, 5.74) is 1.46. The molecule has 2 heteroatoms. The van der Waals surface area contributed by atoms with Gasteiger partial charge in [-0.1, -0.05) is 27.2 Å². The Morgan fingerprint density at radius 2 is 2.27 bits per heavy atom. The molecule has 0 aromatic carbocycles. The number of hydrogen-bond donors (Lipinski definition) is 1. The number of nitrogens with one attached hydrogen (secondary N) is 1.